The van der Waals surface area contributed by atoms with Crippen LogP contribution >= 0.6 is 0 Å². The van der Waals surface area contributed by atoms with E-state index in [1.165, 1.54) is 0 Å². The number of benzene rings is 1. The van der Waals surface area contributed by atoms with Crippen LogP contribution in [0.5, 0.6) is 0 Å². The molecular formula is C21H33N3O4. The van der Waals surface area contributed by atoms with Gasteiger partial charge in [0, 0.05) is 5.69 Å². The average molecular weight is 392 g/mol. The maximum Gasteiger partial charge on any atom is 0.246 e. The third-order valence-electron chi connectivity index (χ3n) is 4.47. The van der Waals surface area contributed by atoms with Gasteiger partial charge in [-0.3, -0.25) is 19.6 Å². The molecule has 0 aromatic heterocycles. The predicted octanol–water partition coefficient (Wildman–Crippen LogP) is 3.12. The second-order valence-electron chi connectivity index (χ2n) is 7.61. The van der Waals surface area contributed by atoms with Gasteiger partial charge in [-0.25, -0.2) is 5.06 Å². The fraction of sp³-hybridized carbons (Fsp3) is 0.571. The maximum absolute atomic E-state index is 12.7. The summed E-state index contributed by atoms with van der Waals surface area (Å²) in [5.41, 5.74) is 1.76. The molecule has 0 aliphatic rings. The lowest BCUT2D eigenvalue weighted by Gasteiger charge is -2.24. The highest BCUT2D eigenvalue weighted by Gasteiger charge is 2.27. The quantitative estimate of drug-likeness (QED) is 0.290. The number of anilines is 1. The lowest BCUT2D eigenvalue weighted by molar-refractivity contribution is -0.155. The van der Waals surface area contributed by atoms with Crippen molar-refractivity contribution in [3.8, 4) is 0 Å². The van der Waals surface area contributed by atoms with Crippen molar-refractivity contribution in [2.24, 2.45) is 11.8 Å². The van der Waals surface area contributed by atoms with Gasteiger partial charge >= 0.3 is 0 Å². The number of nitrogens with zero attached hydrogens (tertiary/aromatic N) is 1. The molecule has 2 atom stereocenters. The van der Waals surface area contributed by atoms with Crippen LogP contribution in [0, 0.1) is 18.8 Å². The normalized spacial score (nSPS) is 12.9. The zero-order chi connectivity index (χ0) is 21.1. The minimum atomic E-state index is -0.693. The first kappa shape index (κ1) is 23.6. The second-order valence-corrected chi connectivity index (χ2v) is 7.61. The number of hydrogen-bond donors (Lipinski definition) is 3. The van der Waals surface area contributed by atoms with E-state index < -0.39 is 12.0 Å². The summed E-state index contributed by atoms with van der Waals surface area (Å²) in [7, 11) is 0. The van der Waals surface area contributed by atoms with Crippen LogP contribution in [0.3, 0.4) is 0 Å². The van der Waals surface area contributed by atoms with Crippen molar-refractivity contribution >= 4 is 23.9 Å². The molecular weight excluding hydrogens is 358 g/mol. The van der Waals surface area contributed by atoms with Gasteiger partial charge in [0.2, 0.25) is 18.2 Å². The van der Waals surface area contributed by atoms with Crippen molar-refractivity contribution < 1.29 is 19.6 Å². The van der Waals surface area contributed by atoms with Crippen molar-refractivity contribution in [3.05, 3.63) is 29.8 Å². The van der Waals surface area contributed by atoms with Crippen molar-refractivity contribution in [1.29, 1.82) is 0 Å². The summed E-state index contributed by atoms with van der Waals surface area (Å²) < 4.78 is 0. The van der Waals surface area contributed by atoms with Crippen LogP contribution < -0.4 is 10.6 Å². The van der Waals surface area contributed by atoms with Gasteiger partial charge in [-0.1, -0.05) is 51.3 Å². The number of amides is 3. The highest BCUT2D eigenvalue weighted by atomic mass is 16.5. The number of aryl methyl sites for hydroxylation is 1. The Hall–Kier alpha value is -2.41. The number of rotatable bonds is 12. The van der Waals surface area contributed by atoms with Gasteiger partial charge < -0.3 is 10.6 Å². The number of hydrogen-bond acceptors (Lipinski definition) is 4. The number of hydroxylamine groups is 2. The van der Waals surface area contributed by atoms with Crippen molar-refractivity contribution in [2.75, 3.05) is 11.9 Å². The smallest absolute Gasteiger partial charge is 0.246 e. The maximum atomic E-state index is 12.7. The minimum absolute atomic E-state index is 0.0939. The summed E-state index contributed by atoms with van der Waals surface area (Å²) in [6.45, 7) is 7.84. The van der Waals surface area contributed by atoms with Crippen molar-refractivity contribution in [2.45, 2.75) is 59.4 Å². The summed E-state index contributed by atoms with van der Waals surface area (Å²) in [6.07, 6.45) is 2.97. The standard InChI is InChI=1S/C21H33N3O4/c1-5-6-7-17(13-24(28)14-25)20(26)23-19(12-15(2)3)21(27)22-18-10-8-16(4)9-11-18/h8-11,14-15,17,19,28H,5-7,12-13H2,1-4H3,(H,22,27)(H,23,26)/t17-,19+/m1/s1. The Kier molecular flexibility index (Phi) is 10.2. The van der Waals surface area contributed by atoms with Gasteiger partial charge in [-0.05, 0) is 37.8 Å². The van der Waals surface area contributed by atoms with E-state index >= 15 is 0 Å². The SMILES string of the molecule is CCCC[C@H](CN(O)C=O)C(=O)N[C@@H](CC(C)C)C(=O)Nc1ccc(C)cc1. The number of unbranched alkanes of at least 4 members (excludes halogenated alkanes) is 1. The second kappa shape index (κ2) is 12.1. The summed E-state index contributed by atoms with van der Waals surface area (Å²) >= 11 is 0. The van der Waals surface area contributed by atoms with E-state index in [0.717, 1.165) is 18.4 Å². The van der Waals surface area contributed by atoms with Crippen LogP contribution in [-0.4, -0.2) is 41.1 Å². The largest absolute Gasteiger partial charge is 0.344 e. The molecule has 0 fully saturated rings. The molecule has 0 spiro atoms. The first-order valence-corrected chi connectivity index (χ1v) is 9.85. The molecule has 0 heterocycles. The number of nitrogens with one attached hydrogen (secondary N) is 2. The Bertz CT molecular complexity index is 631. The first-order chi connectivity index (χ1) is 13.3. The molecule has 7 nitrogen and oxygen atoms in total. The van der Waals surface area contributed by atoms with Gasteiger partial charge in [0.1, 0.15) is 6.04 Å². The third-order valence-corrected chi connectivity index (χ3v) is 4.47. The molecule has 7 heteroatoms. The van der Waals surface area contributed by atoms with Crippen molar-refractivity contribution in [1.82, 2.24) is 10.4 Å². The Morgan fingerprint density at radius 2 is 1.82 bits per heavy atom. The van der Waals surface area contributed by atoms with Gasteiger partial charge in [0.15, 0.2) is 0 Å². The molecule has 1 aromatic carbocycles. The molecule has 0 radical (unpaired) electrons. The minimum Gasteiger partial charge on any atom is -0.344 e. The third kappa shape index (κ3) is 8.52. The molecule has 1 aromatic rings. The van der Waals surface area contributed by atoms with Crippen LogP contribution in [0.2, 0.25) is 0 Å². The predicted molar refractivity (Wildman–Crippen MR) is 109 cm³/mol. The molecule has 0 aliphatic carbocycles. The molecule has 0 unspecified atom stereocenters. The monoisotopic (exact) mass is 391 g/mol. The highest BCUT2D eigenvalue weighted by molar-refractivity contribution is 5.97. The van der Waals surface area contributed by atoms with E-state index in [0.29, 0.717) is 23.6 Å². The zero-order valence-corrected chi connectivity index (χ0v) is 17.3. The molecule has 3 N–H and O–H groups in total. The molecule has 28 heavy (non-hydrogen) atoms. The summed E-state index contributed by atoms with van der Waals surface area (Å²) in [4.78, 5) is 36.2. The van der Waals surface area contributed by atoms with Gasteiger partial charge in [0.25, 0.3) is 0 Å². The lowest BCUT2D eigenvalue weighted by atomic mass is 9.98. The lowest BCUT2D eigenvalue weighted by Crippen LogP contribution is -2.48. The first-order valence-electron chi connectivity index (χ1n) is 9.85. The van der Waals surface area contributed by atoms with E-state index in [2.05, 4.69) is 10.6 Å². The van der Waals surface area contributed by atoms with Crippen LogP contribution in [-0.2, 0) is 14.4 Å². The van der Waals surface area contributed by atoms with Crippen LogP contribution in [0.1, 0.15) is 52.0 Å². The summed E-state index contributed by atoms with van der Waals surface area (Å²) in [6, 6.07) is 6.75. The molecule has 3 amide bonds. The molecule has 0 saturated heterocycles. The molecule has 156 valence electrons. The Morgan fingerprint density at radius 3 is 2.36 bits per heavy atom. The van der Waals surface area contributed by atoms with Crippen molar-refractivity contribution in [3.63, 3.8) is 0 Å². The van der Waals surface area contributed by atoms with Gasteiger partial charge in [-0.2, -0.15) is 0 Å². The summed E-state index contributed by atoms with van der Waals surface area (Å²) in [5.74, 6) is -0.986. The average Bonchev–Trinajstić information content (AvgIpc) is 2.65. The topological polar surface area (TPSA) is 98.7 Å². The Balaban J connectivity index is 2.85. The van der Waals surface area contributed by atoms with Crippen LogP contribution in [0.15, 0.2) is 24.3 Å². The zero-order valence-electron chi connectivity index (χ0n) is 17.3. The molecule has 0 saturated carbocycles. The van der Waals surface area contributed by atoms with E-state index in [-0.39, 0.29) is 30.7 Å². The molecule has 0 aliphatic heterocycles. The molecule has 0 bridgehead atoms. The fourth-order valence-electron chi connectivity index (χ4n) is 2.88. The Labute approximate surface area is 167 Å². The molecule has 1 rings (SSSR count). The van der Waals surface area contributed by atoms with Gasteiger partial charge in [0.05, 0.1) is 12.5 Å². The van der Waals surface area contributed by atoms with E-state index in [4.69, 9.17) is 0 Å². The van der Waals surface area contributed by atoms with Crippen LogP contribution in [0.4, 0.5) is 5.69 Å². The Morgan fingerprint density at radius 1 is 1.18 bits per heavy atom. The number of carbonyl (C=O) groups is 3. The fourth-order valence-corrected chi connectivity index (χ4v) is 2.88. The summed E-state index contributed by atoms with van der Waals surface area (Å²) in [5, 5.41) is 15.6. The van der Waals surface area contributed by atoms with E-state index in [1.54, 1.807) is 0 Å². The van der Waals surface area contributed by atoms with Crippen LogP contribution in [0.25, 0.3) is 0 Å². The van der Waals surface area contributed by atoms with E-state index in [1.807, 2.05) is 52.0 Å². The highest BCUT2D eigenvalue weighted by Crippen LogP contribution is 2.14. The van der Waals surface area contributed by atoms with E-state index in [9.17, 15) is 19.6 Å². The number of carbonyl (C=O) groups excluding carboxylic acids is 3. The van der Waals surface area contributed by atoms with Gasteiger partial charge in [-0.15, -0.1) is 0 Å².